The van der Waals surface area contributed by atoms with Crippen LogP contribution in [0.2, 0.25) is 0 Å². The maximum absolute atomic E-state index is 13.0. The van der Waals surface area contributed by atoms with E-state index in [1.54, 1.807) is 0 Å². The maximum Gasteiger partial charge on any atom is 0.472 e. The molecule has 5 unspecified atom stereocenters. The molecule has 0 aromatic rings. The molecule has 0 aliphatic heterocycles. The summed E-state index contributed by atoms with van der Waals surface area (Å²) in [6.07, 6.45) is 122. The summed E-state index contributed by atoms with van der Waals surface area (Å²) < 4.78 is 61.3. The lowest BCUT2D eigenvalue weighted by Gasteiger charge is -2.21. The molecule has 16 nitrogen and oxygen atoms in total. The summed E-state index contributed by atoms with van der Waals surface area (Å²) in [5.74, 6) is -1.69. The Hall–Kier alpha value is -6.13. The molecule has 0 rings (SSSR count). The first-order valence-electron chi connectivity index (χ1n) is 45.0. The molecule has 0 aromatic carbocycles. The van der Waals surface area contributed by atoms with Crippen molar-refractivity contribution >= 4 is 33.6 Å². The number of allylic oxidation sites excluding steroid dienone is 36. The van der Waals surface area contributed by atoms with Crippen molar-refractivity contribution in [2.45, 2.75) is 347 Å². The lowest BCUT2D eigenvalue weighted by molar-refractivity contribution is -0.161. The van der Waals surface area contributed by atoms with Crippen molar-refractivity contribution in [1.29, 1.82) is 0 Å². The van der Waals surface area contributed by atoms with Crippen LogP contribution in [0.3, 0.4) is 0 Å². The molecule has 0 spiro atoms. The summed E-state index contributed by atoms with van der Waals surface area (Å²) in [5.41, 5.74) is 0. The van der Waals surface area contributed by atoms with Crippen LogP contribution in [0.5, 0.6) is 0 Å². The number of hydrogen-bond acceptors (Lipinski definition) is 14. The Morgan fingerprint density at radius 2 is 0.444 bits per heavy atom. The maximum atomic E-state index is 13.0. The van der Waals surface area contributed by atoms with Gasteiger partial charge >= 0.3 is 33.6 Å². The van der Waals surface area contributed by atoms with Crippen molar-refractivity contribution in [1.82, 2.24) is 0 Å². The first kappa shape index (κ1) is 111. The van der Waals surface area contributed by atoms with E-state index >= 15 is 0 Å². The molecule has 5 atom stereocenters. The van der Waals surface area contributed by atoms with Gasteiger partial charge in [-0.2, -0.15) is 0 Å². The summed E-state index contributed by atoms with van der Waals surface area (Å²) >= 11 is 0. The van der Waals surface area contributed by atoms with Crippen LogP contribution in [0, 0.1) is 0 Å². The Balaban J connectivity index is 4.59. The average molecular weight is 1670 g/mol. The third-order valence-corrected chi connectivity index (χ3v) is 20.1. The van der Waals surface area contributed by atoms with Crippen molar-refractivity contribution in [3.05, 3.63) is 219 Å². The summed E-state index contributed by atoms with van der Waals surface area (Å²) in [7, 11) is -9.85. The number of esters is 3. The van der Waals surface area contributed by atoms with Crippen LogP contribution in [0.4, 0.5) is 0 Å². The van der Waals surface area contributed by atoms with Crippen molar-refractivity contribution < 1.29 is 75.8 Å². The fourth-order valence-corrected chi connectivity index (χ4v) is 13.1. The fraction of sp³-hybridized carbons (Fsp3) is 0.606. The zero-order chi connectivity index (χ0) is 85.1. The molecule has 662 valence electrons. The average Bonchev–Trinajstić information content (AvgIpc) is 0.904. The lowest BCUT2D eigenvalue weighted by Crippen LogP contribution is -2.29. The first-order valence-corrected chi connectivity index (χ1v) is 48.0. The number of phosphoric acid groups is 2. The number of rotatable bonds is 83. The molecule has 0 saturated heterocycles. The van der Waals surface area contributed by atoms with Gasteiger partial charge in [0.25, 0.3) is 0 Å². The van der Waals surface area contributed by atoms with Gasteiger partial charge in [-0.05, 0) is 161 Å². The van der Waals surface area contributed by atoms with E-state index in [4.69, 9.17) is 32.3 Å². The van der Waals surface area contributed by atoms with E-state index in [1.807, 2.05) is 18.2 Å². The van der Waals surface area contributed by atoms with Crippen LogP contribution in [-0.2, 0) is 55.8 Å². The van der Waals surface area contributed by atoms with Gasteiger partial charge in [0.1, 0.15) is 25.4 Å². The summed E-state index contributed by atoms with van der Waals surface area (Å²) in [6.45, 7) is 2.24. The highest BCUT2D eigenvalue weighted by Gasteiger charge is 2.29. The Morgan fingerprint density at radius 1 is 0.239 bits per heavy atom. The minimum absolute atomic E-state index is 0.0305. The molecular weight excluding hydrogens is 1510 g/mol. The summed E-state index contributed by atoms with van der Waals surface area (Å²) in [5, 5.41) is 20.7. The molecule has 0 heterocycles. The van der Waals surface area contributed by atoms with E-state index in [0.717, 1.165) is 173 Å². The Kier molecular flexibility index (Phi) is 84.5. The Bertz CT molecular complexity index is 3010. The summed E-state index contributed by atoms with van der Waals surface area (Å²) in [4.78, 5) is 58.9. The van der Waals surface area contributed by atoms with Crippen LogP contribution in [0.1, 0.15) is 329 Å². The second-order valence-electron chi connectivity index (χ2n) is 29.3. The highest BCUT2D eigenvalue weighted by molar-refractivity contribution is 7.47. The minimum Gasteiger partial charge on any atom is -0.463 e. The largest absolute Gasteiger partial charge is 0.472 e. The molecule has 117 heavy (non-hydrogen) atoms. The molecule has 0 aliphatic carbocycles. The predicted octanol–water partition coefficient (Wildman–Crippen LogP) is 27.8. The second-order valence-corrected chi connectivity index (χ2v) is 32.2. The van der Waals surface area contributed by atoms with Crippen LogP contribution in [-0.4, -0.2) is 95.9 Å². The molecule has 0 amide bonds. The molecule has 18 heteroatoms. The monoisotopic (exact) mass is 1670 g/mol. The Labute approximate surface area is 711 Å². The SMILES string of the molecule is CC/C=C\C/C=C\C/C=C\C/C=C\C/C=C\C/C=C\CCCCCCCCCCCCCCCCCCC(=O)OCC(O)COP(=O)(O)OCC(O)COP(=O)(O)OCC(COC(=O)CCCCCCCCCC/C=C\C/C=C\C/C=C\C/C=C\C/C=C\C/C=C\CC)OC(=O)CC/C=C\C/C=C\C/C=C\C/C=C\C/C=C\C/C=C\CC. The number of phosphoric ester groups is 2. The number of aliphatic hydroxyl groups is 2. The molecule has 0 radical (unpaired) electrons. The van der Waals surface area contributed by atoms with Gasteiger partial charge in [0.05, 0.1) is 26.4 Å². The van der Waals surface area contributed by atoms with Gasteiger partial charge in [-0.25, -0.2) is 9.13 Å². The van der Waals surface area contributed by atoms with E-state index in [-0.39, 0.29) is 19.3 Å². The number of hydrogen-bond donors (Lipinski definition) is 4. The lowest BCUT2D eigenvalue weighted by atomic mass is 10.0. The fourth-order valence-electron chi connectivity index (χ4n) is 11.5. The van der Waals surface area contributed by atoms with Gasteiger partial charge in [0, 0.05) is 19.3 Å². The zero-order valence-corrected chi connectivity index (χ0v) is 74.6. The molecule has 0 aliphatic rings. The highest BCUT2D eigenvalue weighted by atomic mass is 31.2. The number of ether oxygens (including phenoxy) is 3. The van der Waals surface area contributed by atoms with E-state index in [9.17, 15) is 43.5 Å². The molecular formula is C99H160O16P2. The van der Waals surface area contributed by atoms with Crippen molar-refractivity contribution in [2.24, 2.45) is 0 Å². The molecule has 0 saturated carbocycles. The van der Waals surface area contributed by atoms with E-state index in [1.165, 1.54) is 89.9 Å². The minimum atomic E-state index is -4.97. The third kappa shape index (κ3) is 90.5. The summed E-state index contributed by atoms with van der Waals surface area (Å²) in [6, 6.07) is 0. The highest BCUT2D eigenvalue weighted by Crippen LogP contribution is 2.45. The van der Waals surface area contributed by atoms with Crippen molar-refractivity contribution in [2.75, 3.05) is 39.6 Å². The van der Waals surface area contributed by atoms with Gasteiger partial charge in [-0.3, -0.25) is 32.5 Å². The number of carbonyl (C=O) groups excluding carboxylic acids is 3. The smallest absolute Gasteiger partial charge is 0.463 e. The van der Waals surface area contributed by atoms with Crippen LogP contribution in [0.15, 0.2) is 219 Å². The van der Waals surface area contributed by atoms with Crippen LogP contribution < -0.4 is 0 Å². The van der Waals surface area contributed by atoms with Crippen LogP contribution >= 0.6 is 15.6 Å². The quantitative estimate of drug-likeness (QED) is 0.0146. The first-order chi connectivity index (χ1) is 57.2. The van der Waals surface area contributed by atoms with Gasteiger partial charge in [-0.1, -0.05) is 368 Å². The Morgan fingerprint density at radius 3 is 0.709 bits per heavy atom. The van der Waals surface area contributed by atoms with Gasteiger partial charge in [0.2, 0.25) is 0 Å². The van der Waals surface area contributed by atoms with E-state index < -0.39 is 91.5 Å². The number of aliphatic hydroxyl groups excluding tert-OH is 2. The van der Waals surface area contributed by atoms with Gasteiger partial charge in [-0.15, -0.1) is 0 Å². The normalized spacial score (nSPS) is 14.8. The van der Waals surface area contributed by atoms with E-state index in [2.05, 4.69) is 221 Å². The number of unbranched alkanes of at least 4 members (excludes halogenated alkanes) is 24. The second kappa shape index (κ2) is 89.1. The third-order valence-electron chi connectivity index (χ3n) is 18.2. The van der Waals surface area contributed by atoms with Gasteiger partial charge < -0.3 is 34.2 Å². The van der Waals surface area contributed by atoms with E-state index in [0.29, 0.717) is 25.7 Å². The van der Waals surface area contributed by atoms with Crippen molar-refractivity contribution in [3.8, 4) is 0 Å². The standard InChI is InChI=1S/C99H160O16P2/c1-4-7-10-13-16-19-22-25-28-31-34-36-38-40-42-43-44-45-46-47-48-49-51-53-54-56-59-61-64-67-70-73-76-79-82-85-97(102)109-88-94(100)89-111-116(105,106)112-90-95(101)91-113-117(107,108)114-93-96(115-99(104)87-84-81-78-75-72-69-66-63-58-33-30-27-24-21-18-15-12-9-6-3)92-110-98(103)86-83-80-77-74-71-68-65-62-60-57-55-52-50-41-39-37-35-32-29-26-23-20-17-14-11-8-5-2/h7-12,16-21,25-30,34-37,40-42,44-45,50,55,57-58,63,69,72,78,81,94-96,100-101H,4-6,13-15,22-24,31-33,38-39,43,46-49,51-54,56,59-62,64-68,70-71,73-77,79-80,82-93H2,1-3H3,(H,105,106)(H,107,108)/b10-7-,11-8-,12-9-,19-16-,20-17-,21-18-,28-25-,29-26-,30-27-,36-34-,37-35-,42-40-,45-44-,50-41-,57-55-,63-58-,72-69-,81-78-. The number of carbonyl (C=O) groups is 3. The predicted molar refractivity (Wildman–Crippen MR) is 490 cm³/mol. The zero-order valence-electron chi connectivity index (χ0n) is 72.8. The van der Waals surface area contributed by atoms with Crippen molar-refractivity contribution in [3.63, 3.8) is 0 Å². The van der Waals surface area contributed by atoms with Crippen LogP contribution in [0.25, 0.3) is 0 Å². The van der Waals surface area contributed by atoms with Gasteiger partial charge in [0.15, 0.2) is 6.10 Å². The topological polar surface area (TPSA) is 231 Å². The molecule has 0 bridgehead atoms. The molecule has 4 N–H and O–H groups in total. The molecule has 0 aromatic heterocycles. The molecule has 0 fully saturated rings.